The molecular formula is C19H32N2O3. The van der Waals surface area contributed by atoms with Crippen LogP contribution < -0.4 is 0 Å². The number of hydrogen-bond donors (Lipinski definition) is 1. The third-order valence-corrected chi connectivity index (χ3v) is 6.33. The zero-order valence-electron chi connectivity index (χ0n) is 14.8. The first-order valence-electron chi connectivity index (χ1n) is 9.84. The van der Waals surface area contributed by atoms with E-state index in [1.54, 1.807) is 0 Å². The molecule has 0 radical (unpaired) electrons. The van der Waals surface area contributed by atoms with Gasteiger partial charge in [-0.3, -0.25) is 9.59 Å². The third-order valence-electron chi connectivity index (χ3n) is 6.33. The molecule has 1 N–H and O–H groups in total. The van der Waals surface area contributed by atoms with E-state index < -0.39 is 0 Å². The first-order valence-corrected chi connectivity index (χ1v) is 9.84. The maximum absolute atomic E-state index is 12.6. The second-order valence-electron chi connectivity index (χ2n) is 7.98. The molecule has 3 rings (SSSR count). The Balaban J connectivity index is 1.48. The lowest BCUT2D eigenvalue weighted by Crippen LogP contribution is -2.49. The molecule has 5 nitrogen and oxygen atoms in total. The van der Waals surface area contributed by atoms with Gasteiger partial charge in [-0.05, 0) is 38.5 Å². The molecule has 3 fully saturated rings. The lowest BCUT2D eigenvalue weighted by molar-refractivity contribution is -0.140. The minimum absolute atomic E-state index is 0.0668. The van der Waals surface area contributed by atoms with Crippen LogP contribution in [-0.4, -0.2) is 59.0 Å². The van der Waals surface area contributed by atoms with Gasteiger partial charge in [0.05, 0.1) is 6.10 Å². The summed E-state index contributed by atoms with van der Waals surface area (Å²) in [6.07, 6.45) is 9.98. The average molecular weight is 336 g/mol. The Morgan fingerprint density at radius 2 is 1.42 bits per heavy atom. The van der Waals surface area contributed by atoms with Crippen molar-refractivity contribution in [2.24, 2.45) is 5.41 Å². The van der Waals surface area contributed by atoms with Crippen molar-refractivity contribution < 1.29 is 14.7 Å². The first kappa shape index (κ1) is 17.7. The summed E-state index contributed by atoms with van der Waals surface area (Å²) in [4.78, 5) is 28.8. The number of carbonyl (C=O) groups excluding carboxylic acids is 2. The van der Waals surface area contributed by atoms with Crippen molar-refractivity contribution in [2.45, 2.75) is 76.7 Å². The summed E-state index contributed by atoms with van der Waals surface area (Å²) in [6.45, 7) is 3.17. The highest BCUT2D eigenvalue weighted by atomic mass is 16.3. The molecule has 1 aliphatic carbocycles. The number of amides is 2. The van der Waals surface area contributed by atoms with Crippen LogP contribution >= 0.6 is 0 Å². The molecule has 24 heavy (non-hydrogen) atoms. The number of rotatable bonds is 3. The number of carbonyl (C=O) groups is 2. The molecule has 2 aliphatic heterocycles. The van der Waals surface area contributed by atoms with Crippen LogP contribution in [0, 0.1) is 5.41 Å². The molecule has 2 amide bonds. The Morgan fingerprint density at radius 3 is 2.04 bits per heavy atom. The van der Waals surface area contributed by atoms with Crippen molar-refractivity contribution in [3.05, 3.63) is 0 Å². The van der Waals surface area contributed by atoms with Gasteiger partial charge in [-0.2, -0.15) is 0 Å². The lowest BCUT2D eigenvalue weighted by Gasteiger charge is -2.42. The monoisotopic (exact) mass is 336 g/mol. The molecule has 0 aromatic heterocycles. The maximum atomic E-state index is 12.6. The van der Waals surface area contributed by atoms with Crippen molar-refractivity contribution in [3.63, 3.8) is 0 Å². The zero-order valence-corrected chi connectivity index (χ0v) is 14.8. The summed E-state index contributed by atoms with van der Waals surface area (Å²) in [7, 11) is 0. The normalized spacial score (nSPS) is 31.3. The number of piperidine rings is 1. The van der Waals surface area contributed by atoms with Gasteiger partial charge in [-0.15, -0.1) is 0 Å². The molecule has 0 bridgehead atoms. The molecule has 3 aliphatic rings. The van der Waals surface area contributed by atoms with E-state index in [0.717, 1.165) is 64.6 Å². The zero-order chi connectivity index (χ0) is 17.0. The summed E-state index contributed by atoms with van der Waals surface area (Å²) in [5.41, 5.74) is -0.0668. The molecule has 0 aromatic carbocycles. The summed E-state index contributed by atoms with van der Waals surface area (Å²) in [5, 5.41) is 10.3. The van der Waals surface area contributed by atoms with Crippen LogP contribution in [0.2, 0.25) is 0 Å². The minimum Gasteiger partial charge on any atom is -0.392 e. The topological polar surface area (TPSA) is 60.9 Å². The SMILES string of the molecule is O=C(CCC(=O)N1CCC[C@@]2(CCC[C@H]2O)C1)N1CCCCCC1. The number of aliphatic hydroxyl groups excluding tert-OH is 1. The van der Waals surface area contributed by atoms with Crippen LogP contribution in [0.3, 0.4) is 0 Å². The highest BCUT2D eigenvalue weighted by Crippen LogP contribution is 2.45. The Kier molecular flexibility index (Phi) is 5.80. The van der Waals surface area contributed by atoms with Crippen molar-refractivity contribution in [1.82, 2.24) is 9.80 Å². The quantitative estimate of drug-likeness (QED) is 0.860. The molecule has 136 valence electrons. The van der Waals surface area contributed by atoms with Gasteiger partial charge in [0.2, 0.25) is 11.8 Å². The number of aliphatic hydroxyl groups is 1. The fraction of sp³-hybridized carbons (Fsp3) is 0.895. The standard InChI is InChI=1S/C19H32N2O3/c22-16-7-5-10-19(16)11-6-14-21(15-19)18(24)9-8-17(23)20-12-3-1-2-4-13-20/h16,22H,1-15H2/t16-,19+/m1/s1. The highest BCUT2D eigenvalue weighted by Gasteiger charge is 2.45. The van der Waals surface area contributed by atoms with E-state index in [-0.39, 0.29) is 23.3 Å². The van der Waals surface area contributed by atoms with Crippen LogP contribution in [-0.2, 0) is 9.59 Å². The summed E-state index contributed by atoms with van der Waals surface area (Å²) in [6, 6.07) is 0. The number of likely N-dealkylation sites (tertiary alicyclic amines) is 2. The smallest absolute Gasteiger partial charge is 0.223 e. The predicted octanol–water partition coefficient (Wildman–Crippen LogP) is 2.32. The van der Waals surface area contributed by atoms with Crippen LogP contribution in [0.15, 0.2) is 0 Å². The van der Waals surface area contributed by atoms with E-state index >= 15 is 0 Å². The van der Waals surface area contributed by atoms with E-state index in [4.69, 9.17) is 0 Å². The second kappa shape index (κ2) is 7.85. The molecule has 5 heteroatoms. The Labute approximate surface area is 145 Å². The Hall–Kier alpha value is -1.10. The number of hydrogen-bond acceptors (Lipinski definition) is 3. The predicted molar refractivity (Wildman–Crippen MR) is 92.4 cm³/mol. The third kappa shape index (κ3) is 3.93. The van der Waals surface area contributed by atoms with Gasteiger partial charge >= 0.3 is 0 Å². The second-order valence-corrected chi connectivity index (χ2v) is 7.98. The molecule has 1 spiro atoms. The first-order chi connectivity index (χ1) is 11.6. The molecule has 0 aromatic rings. The molecule has 2 saturated heterocycles. The van der Waals surface area contributed by atoms with Crippen LogP contribution in [0.4, 0.5) is 0 Å². The summed E-state index contributed by atoms with van der Waals surface area (Å²) >= 11 is 0. The van der Waals surface area contributed by atoms with Gasteiger partial charge in [-0.25, -0.2) is 0 Å². The summed E-state index contributed by atoms with van der Waals surface area (Å²) < 4.78 is 0. The molecular weight excluding hydrogens is 304 g/mol. The average Bonchev–Trinajstić information content (AvgIpc) is 2.82. The van der Waals surface area contributed by atoms with Crippen LogP contribution in [0.1, 0.15) is 70.6 Å². The van der Waals surface area contributed by atoms with Gasteiger partial charge in [0.1, 0.15) is 0 Å². The Bertz CT molecular complexity index is 460. The lowest BCUT2D eigenvalue weighted by atomic mass is 9.76. The van der Waals surface area contributed by atoms with Gasteiger partial charge in [0.15, 0.2) is 0 Å². The van der Waals surface area contributed by atoms with Crippen molar-refractivity contribution in [2.75, 3.05) is 26.2 Å². The van der Waals surface area contributed by atoms with E-state index in [2.05, 4.69) is 0 Å². The van der Waals surface area contributed by atoms with Crippen molar-refractivity contribution in [3.8, 4) is 0 Å². The maximum Gasteiger partial charge on any atom is 0.223 e. The van der Waals surface area contributed by atoms with Gasteiger partial charge in [0, 0.05) is 44.4 Å². The van der Waals surface area contributed by atoms with E-state index in [9.17, 15) is 14.7 Å². The Morgan fingerprint density at radius 1 is 0.833 bits per heavy atom. The molecule has 1 saturated carbocycles. The minimum atomic E-state index is -0.258. The number of nitrogens with zero attached hydrogens (tertiary/aromatic N) is 2. The molecule has 2 atom stereocenters. The fourth-order valence-electron chi connectivity index (χ4n) is 4.82. The highest BCUT2D eigenvalue weighted by molar-refractivity contribution is 5.84. The molecule has 0 unspecified atom stereocenters. The van der Waals surface area contributed by atoms with Crippen molar-refractivity contribution >= 4 is 11.8 Å². The van der Waals surface area contributed by atoms with Gasteiger partial charge in [0.25, 0.3) is 0 Å². The van der Waals surface area contributed by atoms with E-state index in [0.29, 0.717) is 19.4 Å². The van der Waals surface area contributed by atoms with Crippen LogP contribution in [0.25, 0.3) is 0 Å². The van der Waals surface area contributed by atoms with Crippen LogP contribution in [0.5, 0.6) is 0 Å². The summed E-state index contributed by atoms with van der Waals surface area (Å²) in [5.74, 6) is 0.231. The largest absolute Gasteiger partial charge is 0.392 e. The fourth-order valence-corrected chi connectivity index (χ4v) is 4.82. The van der Waals surface area contributed by atoms with E-state index in [1.165, 1.54) is 12.8 Å². The van der Waals surface area contributed by atoms with Crippen molar-refractivity contribution in [1.29, 1.82) is 0 Å². The van der Waals surface area contributed by atoms with E-state index in [1.807, 2.05) is 9.80 Å². The molecule has 2 heterocycles. The van der Waals surface area contributed by atoms with Gasteiger partial charge < -0.3 is 14.9 Å². The van der Waals surface area contributed by atoms with Gasteiger partial charge in [-0.1, -0.05) is 19.3 Å².